The number of nitriles is 1. The molecule has 0 bridgehead atoms. The van der Waals surface area contributed by atoms with E-state index < -0.39 is 0 Å². The van der Waals surface area contributed by atoms with Crippen molar-refractivity contribution in [1.82, 2.24) is 5.32 Å². The van der Waals surface area contributed by atoms with Crippen LogP contribution in [-0.4, -0.2) is 31.6 Å². The molecule has 0 spiro atoms. The molecule has 0 aromatic heterocycles. The van der Waals surface area contributed by atoms with Gasteiger partial charge in [-0.2, -0.15) is 5.26 Å². The van der Waals surface area contributed by atoms with E-state index in [4.69, 9.17) is 9.47 Å². The van der Waals surface area contributed by atoms with Gasteiger partial charge in [0, 0.05) is 32.9 Å². The van der Waals surface area contributed by atoms with Crippen LogP contribution >= 0.6 is 0 Å². The van der Waals surface area contributed by atoms with Crippen LogP contribution in [0.4, 0.5) is 0 Å². The summed E-state index contributed by atoms with van der Waals surface area (Å²) in [7, 11) is 0. The summed E-state index contributed by atoms with van der Waals surface area (Å²) in [5.41, 5.74) is 10.3. The van der Waals surface area contributed by atoms with Gasteiger partial charge < -0.3 is 14.8 Å². The highest BCUT2D eigenvalue weighted by atomic mass is 16.5. The first-order valence-electron chi connectivity index (χ1n) is 18.5. The number of hydrogen-bond donors (Lipinski definition) is 1. The number of rotatable bonds is 11. The number of Topliss-reactive ketones (excluding diaryl/α,β-unsaturated/α-hetero) is 1. The van der Waals surface area contributed by atoms with E-state index in [1.165, 1.54) is 41.6 Å². The SMILES string of the molecule is CC.CCCC1=C(/C(C)=C/C2=C(C)C(c3ccc(OC4CCOCC4)c(C#N)c3)=CCN2)C2CC2C(C(=O)CCC2CCCC2C)=C1.[HH]. The van der Waals surface area contributed by atoms with Crippen LogP contribution in [0, 0.1) is 35.0 Å². The van der Waals surface area contributed by atoms with E-state index in [-0.39, 0.29) is 7.53 Å². The van der Waals surface area contributed by atoms with Gasteiger partial charge in [0.15, 0.2) is 5.78 Å². The van der Waals surface area contributed by atoms with Crippen LogP contribution in [0.15, 0.2) is 70.0 Å². The number of benzene rings is 1. The number of carbonyl (C=O) groups excluding carboxylic acids is 1. The lowest BCUT2D eigenvalue weighted by molar-refractivity contribution is -0.116. The van der Waals surface area contributed by atoms with Gasteiger partial charge in [-0.3, -0.25) is 4.79 Å². The summed E-state index contributed by atoms with van der Waals surface area (Å²) in [5, 5.41) is 13.6. The van der Waals surface area contributed by atoms with Crippen LogP contribution < -0.4 is 10.1 Å². The first kappa shape index (κ1) is 35.0. The summed E-state index contributed by atoms with van der Waals surface area (Å²) in [6.07, 6.45) is 17.5. The Morgan fingerprint density at radius 1 is 1.17 bits per heavy atom. The van der Waals surface area contributed by atoms with Crippen LogP contribution in [0.2, 0.25) is 0 Å². The zero-order chi connectivity index (χ0) is 33.5. The molecule has 2 saturated carbocycles. The Bertz CT molecular complexity index is 1520. The second-order valence-corrected chi connectivity index (χ2v) is 14.0. The Balaban J connectivity index is 0.00000170. The van der Waals surface area contributed by atoms with Gasteiger partial charge in [-0.15, -0.1) is 0 Å². The fourth-order valence-corrected chi connectivity index (χ4v) is 8.23. The van der Waals surface area contributed by atoms with E-state index >= 15 is 0 Å². The number of nitrogens with one attached hydrogen (secondary N) is 1. The highest BCUT2D eigenvalue weighted by Gasteiger charge is 2.47. The number of dihydropyridines is 1. The molecule has 3 aliphatic carbocycles. The van der Waals surface area contributed by atoms with Crippen LogP contribution in [0.3, 0.4) is 0 Å². The number of nitrogens with zero attached hydrogens (tertiary/aromatic N) is 1. The maximum absolute atomic E-state index is 13.5. The molecule has 0 amide bonds. The van der Waals surface area contributed by atoms with E-state index in [1.807, 2.05) is 26.0 Å². The molecule has 1 aromatic carbocycles. The fraction of sp³-hybridized carbons (Fsp3) is 0.571. The number of ketones is 1. The minimum absolute atomic E-state index is 0. The molecular weight excluding hydrogens is 580 g/mol. The zero-order valence-electron chi connectivity index (χ0n) is 29.7. The quantitative estimate of drug-likeness (QED) is 0.261. The van der Waals surface area contributed by atoms with Gasteiger partial charge in [-0.05, 0) is 114 Å². The molecular formula is C42H58N2O3. The molecule has 5 nitrogen and oxygen atoms in total. The second kappa shape index (κ2) is 16.2. The number of allylic oxidation sites excluding steroid dienone is 8. The van der Waals surface area contributed by atoms with Crippen molar-refractivity contribution in [2.75, 3.05) is 19.8 Å². The summed E-state index contributed by atoms with van der Waals surface area (Å²) in [6, 6.07) is 8.37. The number of fused-ring (bicyclic) bond motifs is 1. The van der Waals surface area contributed by atoms with Gasteiger partial charge in [0.05, 0.1) is 18.8 Å². The van der Waals surface area contributed by atoms with E-state index in [0.717, 1.165) is 85.7 Å². The van der Waals surface area contributed by atoms with Crippen molar-refractivity contribution in [3.05, 3.63) is 81.1 Å². The van der Waals surface area contributed by atoms with Crippen LogP contribution in [0.1, 0.15) is 118 Å². The Morgan fingerprint density at radius 2 is 1.96 bits per heavy atom. The molecule has 0 radical (unpaired) electrons. The maximum atomic E-state index is 13.5. The molecule has 2 aliphatic heterocycles. The summed E-state index contributed by atoms with van der Waals surface area (Å²) < 4.78 is 11.7. The third-order valence-electron chi connectivity index (χ3n) is 10.9. The molecule has 1 saturated heterocycles. The maximum Gasteiger partial charge on any atom is 0.159 e. The van der Waals surface area contributed by atoms with Crippen molar-refractivity contribution in [3.63, 3.8) is 0 Å². The average Bonchev–Trinajstić information content (AvgIpc) is 3.78. The third kappa shape index (κ3) is 8.03. The predicted molar refractivity (Wildman–Crippen MR) is 194 cm³/mol. The average molecular weight is 639 g/mol. The molecule has 254 valence electrons. The molecule has 1 N–H and O–H groups in total. The lowest BCUT2D eigenvalue weighted by atomic mass is 9.83. The molecule has 2 heterocycles. The van der Waals surface area contributed by atoms with Gasteiger partial charge in [0.1, 0.15) is 17.9 Å². The Morgan fingerprint density at radius 3 is 2.66 bits per heavy atom. The van der Waals surface area contributed by atoms with Crippen molar-refractivity contribution in [3.8, 4) is 11.8 Å². The van der Waals surface area contributed by atoms with Gasteiger partial charge >= 0.3 is 0 Å². The fourth-order valence-electron chi connectivity index (χ4n) is 8.23. The number of ether oxygens (including phenoxy) is 2. The standard InChI is InChI=1S/C40H50N2O3.C2H6.H2/c1-5-7-30-22-35(38(43)12-10-28-9-6-8-25(28)2)34-23-36(34)40(30)26(3)20-37-27(4)33(14-17-42-37)29-11-13-39(31(21-29)24-41)45-32-15-18-44-19-16-32;1-2;/h11,13-14,20-22,25,28,32,34,36,42H,5-10,12,15-19,23H2,1-4H3;1-2H3;1H/b26-20+;;. The molecule has 5 heteroatoms. The normalized spacial score (nSPS) is 25.9. The Hall–Kier alpha value is -3.36. The highest BCUT2D eigenvalue weighted by Crippen LogP contribution is 2.56. The summed E-state index contributed by atoms with van der Waals surface area (Å²) >= 11 is 0. The monoisotopic (exact) mass is 638 g/mol. The van der Waals surface area contributed by atoms with Crippen LogP contribution in [0.5, 0.6) is 5.75 Å². The van der Waals surface area contributed by atoms with Gasteiger partial charge in [-0.1, -0.05) is 71.6 Å². The van der Waals surface area contributed by atoms with Gasteiger partial charge in [-0.25, -0.2) is 0 Å². The number of hydrogen-bond acceptors (Lipinski definition) is 5. The second-order valence-electron chi connectivity index (χ2n) is 14.0. The minimum Gasteiger partial charge on any atom is -0.489 e. The van der Waals surface area contributed by atoms with Crippen LogP contribution in [-0.2, 0) is 9.53 Å². The van der Waals surface area contributed by atoms with Crippen molar-refractivity contribution in [1.29, 1.82) is 5.26 Å². The van der Waals surface area contributed by atoms with Crippen LogP contribution in [0.25, 0.3) is 5.57 Å². The topological polar surface area (TPSA) is 71.3 Å². The third-order valence-corrected chi connectivity index (χ3v) is 10.9. The van der Waals surface area contributed by atoms with Crippen molar-refractivity contribution in [2.45, 2.75) is 112 Å². The molecule has 4 atom stereocenters. The van der Waals surface area contributed by atoms with Gasteiger partial charge in [0.2, 0.25) is 0 Å². The molecule has 47 heavy (non-hydrogen) atoms. The Labute approximate surface area is 285 Å². The van der Waals surface area contributed by atoms with E-state index in [9.17, 15) is 10.1 Å². The molecule has 3 fully saturated rings. The highest BCUT2D eigenvalue weighted by molar-refractivity contribution is 5.97. The Kier molecular flexibility index (Phi) is 12.0. The van der Waals surface area contributed by atoms with Gasteiger partial charge in [0.25, 0.3) is 0 Å². The first-order chi connectivity index (χ1) is 22.9. The number of carbonyl (C=O) groups is 1. The zero-order valence-corrected chi connectivity index (χ0v) is 29.7. The molecule has 6 rings (SSSR count). The van der Waals surface area contributed by atoms with E-state index in [2.05, 4.69) is 63.4 Å². The largest absolute Gasteiger partial charge is 0.489 e. The van der Waals surface area contributed by atoms with E-state index in [1.54, 1.807) is 0 Å². The molecule has 5 aliphatic rings. The van der Waals surface area contributed by atoms with Crippen molar-refractivity contribution < 1.29 is 15.7 Å². The lowest BCUT2D eigenvalue weighted by Gasteiger charge is -2.25. The van der Waals surface area contributed by atoms with Crippen molar-refractivity contribution in [2.24, 2.45) is 23.7 Å². The summed E-state index contributed by atoms with van der Waals surface area (Å²) in [6.45, 7) is 15.2. The minimum atomic E-state index is 0. The molecule has 4 unspecified atom stereocenters. The lowest BCUT2D eigenvalue weighted by Crippen LogP contribution is -2.26. The predicted octanol–water partition coefficient (Wildman–Crippen LogP) is 10.1. The summed E-state index contributed by atoms with van der Waals surface area (Å²) in [5.74, 6) is 3.43. The first-order valence-corrected chi connectivity index (χ1v) is 18.5. The summed E-state index contributed by atoms with van der Waals surface area (Å²) in [4.78, 5) is 13.5. The molecule has 1 aromatic rings. The smallest absolute Gasteiger partial charge is 0.159 e. The van der Waals surface area contributed by atoms with E-state index in [0.29, 0.717) is 42.1 Å². The van der Waals surface area contributed by atoms with Crippen molar-refractivity contribution >= 4 is 11.4 Å².